The van der Waals surface area contributed by atoms with Crippen molar-refractivity contribution in [3.8, 4) is 0 Å². The predicted molar refractivity (Wildman–Crippen MR) is 137 cm³/mol. The third-order valence-electron chi connectivity index (χ3n) is 5.88. The summed E-state index contributed by atoms with van der Waals surface area (Å²) in [5, 5.41) is 13.2. The van der Waals surface area contributed by atoms with Crippen LogP contribution in [0.15, 0.2) is 35.7 Å². The van der Waals surface area contributed by atoms with Crippen LogP contribution in [0.5, 0.6) is 0 Å². The van der Waals surface area contributed by atoms with Gasteiger partial charge in [0.15, 0.2) is 5.82 Å². The number of morpholine rings is 1. The molecule has 0 radical (unpaired) electrons. The minimum atomic E-state index is -1.14. The maximum Gasteiger partial charge on any atom is 0.411 e. The van der Waals surface area contributed by atoms with Crippen molar-refractivity contribution in [1.29, 1.82) is 0 Å². The molecule has 3 aromatic rings. The Labute approximate surface area is 223 Å². The van der Waals surface area contributed by atoms with Crippen molar-refractivity contribution in [2.75, 3.05) is 26.4 Å². The molecule has 1 fully saturated rings. The standard InChI is InChI=1S/C24H31N7O6S/c1-24(2,26)21(33)27-17(12-36-10-15-6-4-3-5-7-15)20-28-29-22-31(20)16(14-38-22)11-37-23(34)30-8-9-35-13-18(30)19(25)32/h3-7,14,17-18H,8-13,26H2,1-2H3,(H2,25,32)(H,27,33)/t17-,18?/m1/s1. The number of fused-ring (bicyclic) bond motifs is 1. The molecule has 0 bridgehead atoms. The van der Waals surface area contributed by atoms with Crippen LogP contribution >= 0.6 is 11.3 Å². The number of thiazole rings is 1. The van der Waals surface area contributed by atoms with Crippen LogP contribution in [-0.4, -0.2) is 75.4 Å². The van der Waals surface area contributed by atoms with Gasteiger partial charge in [0.2, 0.25) is 16.8 Å². The normalized spacial score (nSPS) is 16.8. The zero-order valence-electron chi connectivity index (χ0n) is 21.2. The van der Waals surface area contributed by atoms with Crippen molar-refractivity contribution in [2.24, 2.45) is 11.5 Å². The Morgan fingerprint density at radius 2 is 2.00 bits per heavy atom. The Morgan fingerprint density at radius 1 is 1.24 bits per heavy atom. The largest absolute Gasteiger partial charge is 0.443 e. The molecule has 2 atom stereocenters. The van der Waals surface area contributed by atoms with Crippen LogP contribution in [0.3, 0.4) is 0 Å². The highest BCUT2D eigenvalue weighted by Gasteiger charge is 2.33. The Balaban J connectivity index is 1.52. The van der Waals surface area contributed by atoms with E-state index >= 15 is 0 Å². The highest BCUT2D eigenvalue weighted by molar-refractivity contribution is 7.15. The van der Waals surface area contributed by atoms with Gasteiger partial charge in [-0.2, -0.15) is 0 Å². The Morgan fingerprint density at radius 3 is 2.71 bits per heavy atom. The number of amides is 3. The molecule has 14 heteroatoms. The summed E-state index contributed by atoms with van der Waals surface area (Å²) in [4.78, 5) is 39.0. The molecule has 3 amide bonds. The molecule has 38 heavy (non-hydrogen) atoms. The van der Waals surface area contributed by atoms with Crippen LogP contribution in [-0.2, 0) is 37.0 Å². The number of carbonyl (C=O) groups is 3. The number of nitrogens with one attached hydrogen (secondary N) is 1. The first kappa shape index (κ1) is 27.4. The summed E-state index contributed by atoms with van der Waals surface area (Å²) in [5.74, 6) is -0.660. The number of benzene rings is 1. The topological polar surface area (TPSA) is 176 Å². The molecular formula is C24H31N7O6S. The maximum atomic E-state index is 12.8. The molecule has 5 N–H and O–H groups in total. The van der Waals surface area contributed by atoms with Gasteiger partial charge in [-0.15, -0.1) is 21.5 Å². The summed E-state index contributed by atoms with van der Waals surface area (Å²) >= 11 is 1.30. The van der Waals surface area contributed by atoms with Crippen LogP contribution < -0.4 is 16.8 Å². The van der Waals surface area contributed by atoms with Gasteiger partial charge in [0.1, 0.15) is 18.7 Å². The molecule has 0 aliphatic carbocycles. The number of primary amides is 1. The third-order valence-corrected chi connectivity index (χ3v) is 6.74. The summed E-state index contributed by atoms with van der Waals surface area (Å²) in [6.07, 6.45) is -0.688. The summed E-state index contributed by atoms with van der Waals surface area (Å²) in [6, 6.07) is 8.04. The number of carbonyl (C=O) groups excluding carboxylic acids is 3. The van der Waals surface area contributed by atoms with Crippen molar-refractivity contribution in [3.63, 3.8) is 0 Å². The zero-order valence-corrected chi connectivity index (χ0v) is 22.0. The van der Waals surface area contributed by atoms with E-state index in [1.165, 1.54) is 16.2 Å². The molecule has 2 aromatic heterocycles. The average Bonchev–Trinajstić information content (AvgIpc) is 3.49. The Kier molecular flexibility index (Phi) is 8.56. The maximum absolute atomic E-state index is 12.8. The zero-order chi connectivity index (χ0) is 27.3. The monoisotopic (exact) mass is 545 g/mol. The van der Waals surface area contributed by atoms with Gasteiger partial charge in [-0.3, -0.25) is 18.9 Å². The first-order valence-electron chi connectivity index (χ1n) is 12.0. The van der Waals surface area contributed by atoms with Gasteiger partial charge in [0, 0.05) is 11.9 Å². The molecule has 204 valence electrons. The fourth-order valence-electron chi connectivity index (χ4n) is 3.80. The van der Waals surface area contributed by atoms with Gasteiger partial charge in [0.25, 0.3) is 0 Å². The van der Waals surface area contributed by atoms with E-state index in [0.29, 0.717) is 23.1 Å². The predicted octanol–water partition coefficient (Wildman–Crippen LogP) is 0.725. The number of nitrogens with zero attached hydrogens (tertiary/aromatic N) is 4. The number of rotatable bonds is 10. The molecule has 3 heterocycles. The van der Waals surface area contributed by atoms with Gasteiger partial charge in [0.05, 0.1) is 37.7 Å². The number of hydrogen-bond donors (Lipinski definition) is 3. The van der Waals surface area contributed by atoms with Gasteiger partial charge in [-0.05, 0) is 19.4 Å². The highest BCUT2D eigenvalue weighted by Crippen LogP contribution is 2.23. The minimum Gasteiger partial charge on any atom is -0.443 e. The van der Waals surface area contributed by atoms with E-state index in [1.54, 1.807) is 23.6 Å². The summed E-state index contributed by atoms with van der Waals surface area (Å²) in [6.45, 7) is 3.99. The van der Waals surface area contributed by atoms with Gasteiger partial charge < -0.3 is 31.0 Å². The highest BCUT2D eigenvalue weighted by atomic mass is 32.1. The lowest BCUT2D eigenvalue weighted by Gasteiger charge is -2.32. The summed E-state index contributed by atoms with van der Waals surface area (Å²) in [7, 11) is 0. The van der Waals surface area contributed by atoms with Crippen molar-refractivity contribution in [3.05, 3.63) is 52.8 Å². The third kappa shape index (κ3) is 6.45. The molecular weight excluding hydrogens is 514 g/mol. The van der Waals surface area contributed by atoms with E-state index < -0.39 is 35.5 Å². The lowest BCUT2D eigenvalue weighted by Crippen LogP contribution is -2.54. The van der Waals surface area contributed by atoms with E-state index in [1.807, 2.05) is 30.3 Å². The second kappa shape index (κ2) is 11.9. The number of ether oxygens (including phenoxy) is 3. The molecule has 1 aliphatic rings. The second-order valence-electron chi connectivity index (χ2n) is 9.39. The number of aromatic nitrogens is 3. The Bertz CT molecular complexity index is 1270. The lowest BCUT2D eigenvalue weighted by atomic mass is 10.1. The molecule has 1 saturated heterocycles. The van der Waals surface area contributed by atoms with Crippen LogP contribution in [0.2, 0.25) is 0 Å². The molecule has 1 unspecified atom stereocenters. The Hall–Kier alpha value is -3.59. The van der Waals surface area contributed by atoms with E-state index in [4.69, 9.17) is 25.7 Å². The molecule has 1 aliphatic heterocycles. The number of hydrogen-bond acceptors (Lipinski definition) is 10. The van der Waals surface area contributed by atoms with Crippen molar-refractivity contribution in [1.82, 2.24) is 24.8 Å². The van der Waals surface area contributed by atoms with Crippen molar-refractivity contribution in [2.45, 2.75) is 44.7 Å². The van der Waals surface area contributed by atoms with Crippen LogP contribution in [0.25, 0.3) is 4.96 Å². The van der Waals surface area contributed by atoms with Gasteiger partial charge in [-0.25, -0.2) is 4.79 Å². The second-order valence-corrected chi connectivity index (χ2v) is 10.2. The smallest absolute Gasteiger partial charge is 0.411 e. The molecule has 0 saturated carbocycles. The van der Waals surface area contributed by atoms with E-state index in [2.05, 4.69) is 15.5 Å². The van der Waals surface area contributed by atoms with Crippen LogP contribution in [0.4, 0.5) is 4.79 Å². The minimum absolute atomic E-state index is 0.0184. The average molecular weight is 546 g/mol. The van der Waals surface area contributed by atoms with Gasteiger partial charge >= 0.3 is 6.09 Å². The fraction of sp³-hybridized carbons (Fsp3) is 0.458. The van der Waals surface area contributed by atoms with Gasteiger partial charge in [-0.1, -0.05) is 30.3 Å². The van der Waals surface area contributed by atoms with Crippen molar-refractivity contribution >= 4 is 34.2 Å². The van der Waals surface area contributed by atoms with Crippen molar-refractivity contribution < 1.29 is 28.6 Å². The lowest BCUT2D eigenvalue weighted by molar-refractivity contribution is -0.128. The molecule has 13 nitrogen and oxygen atoms in total. The molecule has 4 rings (SSSR count). The van der Waals surface area contributed by atoms with E-state index in [0.717, 1.165) is 5.56 Å². The quantitative estimate of drug-likeness (QED) is 0.331. The summed E-state index contributed by atoms with van der Waals surface area (Å²) in [5.41, 5.74) is 11.8. The molecule has 0 spiro atoms. The SMILES string of the molecule is CC(C)(N)C(=O)N[C@H](COCc1ccccc1)c1nnc2scc(COC(=O)N3CCOCC3C(N)=O)n12. The molecule has 1 aromatic carbocycles. The number of nitrogens with two attached hydrogens (primary N) is 2. The van der Waals surface area contributed by atoms with Crippen LogP contribution in [0, 0.1) is 0 Å². The first-order chi connectivity index (χ1) is 18.1. The van der Waals surface area contributed by atoms with E-state index in [9.17, 15) is 14.4 Å². The van der Waals surface area contributed by atoms with Crippen LogP contribution in [0.1, 0.15) is 37.0 Å². The van der Waals surface area contributed by atoms with E-state index in [-0.39, 0.29) is 33.0 Å². The first-order valence-corrected chi connectivity index (χ1v) is 12.9. The fourth-order valence-corrected chi connectivity index (χ4v) is 4.61. The summed E-state index contributed by atoms with van der Waals surface area (Å²) < 4.78 is 18.4.